The summed E-state index contributed by atoms with van der Waals surface area (Å²) in [6.07, 6.45) is 37.4. The lowest BCUT2D eigenvalue weighted by Crippen LogP contribution is -2.31. The summed E-state index contributed by atoms with van der Waals surface area (Å²) >= 11 is 0. The minimum absolute atomic E-state index is 0.205. The molecule has 1 aromatic carbocycles. The Balaban J connectivity index is 0.986. The number of hydrogen-bond donors (Lipinski definition) is 0. The van der Waals surface area contributed by atoms with Crippen molar-refractivity contribution in [3.05, 3.63) is 59.2 Å². The van der Waals surface area contributed by atoms with Gasteiger partial charge in [-0.3, -0.25) is 0 Å². The van der Waals surface area contributed by atoms with Crippen molar-refractivity contribution in [2.75, 3.05) is 0 Å². The molecule has 0 radical (unpaired) electrons. The van der Waals surface area contributed by atoms with Crippen molar-refractivity contribution in [3.63, 3.8) is 0 Å². The first kappa shape index (κ1) is 33.9. The average Bonchev–Trinajstić information content (AvgIpc) is 3.05. The van der Waals surface area contributed by atoms with Crippen molar-refractivity contribution in [3.8, 4) is 0 Å². The van der Waals surface area contributed by atoms with Crippen LogP contribution in [0.1, 0.15) is 166 Å². The largest absolute Gasteiger partial charge is 0.203 e. The first-order chi connectivity index (χ1) is 21.5. The SMILES string of the molecule is C/C=C/CCC1CCC(/C=C/CCC2CCC3CC(CCc4ccc(C5CCC(CCC)CC5)c(F)c4F)CCC3C2)CC1. The third-order valence-corrected chi connectivity index (χ3v) is 12.8. The fourth-order valence-corrected chi connectivity index (χ4v) is 10.0. The van der Waals surface area contributed by atoms with E-state index in [9.17, 15) is 0 Å². The van der Waals surface area contributed by atoms with E-state index >= 15 is 8.78 Å². The van der Waals surface area contributed by atoms with Crippen molar-refractivity contribution in [1.29, 1.82) is 0 Å². The van der Waals surface area contributed by atoms with Gasteiger partial charge in [-0.2, -0.15) is 0 Å². The second kappa shape index (κ2) is 17.5. The Hall–Kier alpha value is -1.44. The quantitative estimate of drug-likeness (QED) is 0.196. The summed E-state index contributed by atoms with van der Waals surface area (Å²) in [7, 11) is 0. The van der Waals surface area contributed by atoms with Gasteiger partial charge in [-0.1, -0.05) is 69.0 Å². The van der Waals surface area contributed by atoms with Crippen LogP contribution in [0.4, 0.5) is 8.78 Å². The molecular formula is C42H64F2. The maximum Gasteiger partial charge on any atom is 0.162 e. The molecule has 4 aliphatic carbocycles. The molecule has 0 nitrogen and oxygen atoms in total. The van der Waals surface area contributed by atoms with Gasteiger partial charge in [0, 0.05) is 0 Å². The van der Waals surface area contributed by atoms with Crippen molar-refractivity contribution >= 4 is 0 Å². The van der Waals surface area contributed by atoms with Crippen molar-refractivity contribution in [1.82, 2.24) is 0 Å². The van der Waals surface area contributed by atoms with Crippen LogP contribution in [0.2, 0.25) is 0 Å². The minimum Gasteiger partial charge on any atom is -0.203 e. The van der Waals surface area contributed by atoms with Gasteiger partial charge in [0.15, 0.2) is 11.6 Å². The molecule has 0 heterocycles. The molecule has 5 rings (SSSR count). The first-order valence-corrected chi connectivity index (χ1v) is 19.3. The third kappa shape index (κ3) is 9.54. The van der Waals surface area contributed by atoms with Crippen LogP contribution in [-0.2, 0) is 6.42 Å². The highest BCUT2D eigenvalue weighted by Gasteiger charge is 2.35. The summed E-state index contributed by atoms with van der Waals surface area (Å²) in [4.78, 5) is 0. The standard InChI is InChI=1S/C42H64F2/c1-3-5-6-10-32-13-15-33(16-14-32)11-7-8-12-34-20-25-39-30-35(21-26-38(39)29-34)19-24-37-27-28-40(42(44)41(37)43)36-22-17-31(9-4-2)18-23-36/h3,5,7,11,27-28,31-36,38-39H,4,6,8-10,12-26,29-30H2,1-2H3/b5-3+,11-7+. The Morgan fingerprint density at radius 1 is 0.636 bits per heavy atom. The van der Waals surface area contributed by atoms with Gasteiger partial charge in [0.2, 0.25) is 0 Å². The topological polar surface area (TPSA) is 0 Å². The highest BCUT2D eigenvalue weighted by molar-refractivity contribution is 5.29. The molecule has 44 heavy (non-hydrogen) atoms. The van der Waals surface area contributed by atoms with Gasteiger partial charge in [0.1, 0.15) is 0 Å². The summed E-state index contributed by atoms with van der Waals surface area (Å²) in [5.41, 5.74) is 1.26. The number of fused-ring (bicyclic) bond motifs is 1. The van der Waals surface area contributed by atoms with Gasteiger partial charge < -0.3 is 0 Å². The maximum absolute atomic E-state index is 15.2. The predicted octanol–water partition coefficient (Wildman–Crippen LogP) is 13.3. The maximum atomic E-state index is 15.2. The summed E-state index contributed by atoms with van der Waals surface area (Å²) < 4.78 is 30.4. The first-order valence-electron chi connectivity index (χ1n) is 19.3. The molecule has 0 aromatic heterocycles. The number of benzene rings is 1. The zero-order chi connectivity index (χ0) is 30.7. The van der Waals surface area contributed by atoms with E-state index in [1.54, 1.807) is 0 Å². The number of rotatable bonds is 13. The van der Waals surface area contributed by atoms with Gasteiger partial charge >= 0.3 is 0 Å². The smallest absolute Gasteiger partial charge is 0.162 e. The molecule has 2 heteroatoms. The second-order valence-corrected chi connectivity index (χ2v) is 15.8. The summed E-state index contributed by atoms with van der Waals surface area (Å²) in [5, 5.41) is 0. The van der Waals surface area contributed by atoms with Crippen LogP contribution in [-0.4, -0.2) is 0 Å². The van der Waals surface area contributed by atoms with Crippen LogP contribution in [0.15, 0.2) is 36.4 Å². The number of halogens is 2. The molecule has 4 saturated carbocycles. The van der Waals surface area contributed by atoms with Gasteiger partial charge in [-0.15, -0.1) is 0 Å². The van der Waals surface area contributed by atoms with Crippen LogP contribution >= 0.6 is 0 Å². The van der Waals surface area contributed by atoms with Crippen LogP contribution in [0.3, 0.4) is 0 Å². The van der Waals surface area contributed by atoms with E-state index in [4.69, 9.17) is 0 Å². The number of aryl methyl sites for hydroxylation is 1. The number of hydrogen-bond acceptors (Lipinski definition) is 0. The lowest BCUT2D eigenvalue weighted by molar-refractivity contribution is 0.0926. The fourth-order valence-electron chi connectivity index (χ4n) is 10.0. The zero-order valence-corrected chi connectivity index (χ0v) is 28.4. The molecule has 4 unspecified atom stereocenters. The highest BCUT2D eigenvalue weighted by Crippen LogP contribution is 2.47. The fraction of sp³-hybridized carbons (Fsp3) is 0.762. The molecule has 1 aromatic rings. The molecule has 0 amide bonds. The average molecular weight is 607 g/mol. The second-order valence-electron chi connectivity index (χ2n) is 15.8. The molecule has 0 spiro atoms. The Bertz CT molecular complexity index is 1040. The predicted molar refractivity (Wildman–Crippen MR) is 184 cm³/mol. The lowest BCUT2D eigenvalue weighted by Gasteiger charge is -2.42. The van der Waals surface area contributed by atoms with Crippen molar-refractivity contribution < 1.29 is 8.78 Å². The molecule has 4 aliphatic rings. The molecule has 0 bridgehead atoms. The Morgan fingerprint density at radius 3 is 1.91 bits per heavy atom. The summed E-state index contributed by atoms with van der Waals surface area (Å²) in [5.74, 6) is 5.07. The lowest BCUT2D eigenvalue weighted by atomic mass is 9.63. The van der Waals surface area contributed by atoms with E-state index in [-0.39, 0.29) is 5.92 Å². The van der Waals surface area contributed by atoms with Gasteiger partial charge in [-0.05, 0) is 181 Å². The molecule has 4 fully saturated rings. The molecule has 0 N–H and O–H groups in total. The normalized spacial score (nSPS) is 33.2. The van der Waals surface area contributed by atoms with E-state index < -0.39 is 11.6 Å². The molecule has 4 atom stereocenters. The number of allylic oxidation sites excluding steroid dienone is 4. The zero-order valence-electron chi connectivity index (χ0n) is 28.4. The highest BCUT2D eigenvalue weighted by atomic mass is 19.2. The molecular weight excluding hydrogens is 542 g/mol. The van der Waals surface area contributed by atoms with Crippen LogP contribution in [0.25, 0.3) is 0 Å². The van der Waals surface area contributed by atoms with Crippen LogP contribution in [0.5, 0.6) is 0 Å². The van der Waals surface area contributed by atoms with E-state index in [1.807, 2.05) is 12.1 Å². The van der Waals surface area contributed by atoms with E-state index in [0.717, 1.165) is 54.8 Å². The van der Waals surface area contributed by atoms with E-state index in [0.29, 0.717) is 23.5 Å². The monoisotopic (exact) mass is 606 g/mol. The summed E-state index contributed by atoms with van der Waals surface area (Å²) in [6.45, 7) is 4.38. The van der Waals surface area contributed by atoms with Crippen LogP contribution < -0.4 is 0 Å². The molecule has 0 aliphatic heterocycles. The van der Waals surface area contributed by atoms with Gasteiger partial charge in [-0.25, -0.2) is 8.78 Å². The molecule has 246 valence electrons. The third-order valence-electron chi connectivity index (χ3n) is 12.8. The van der Waals surface area contributed by atoms with E-state index in [2.05, 4.69) is 38.2 Å². The Labute approximate surface area is 269 Å². The van der Waals surface area contributed by atoms with Gasteiger partial charge in [0.05, 0.1) is 0 Å². The summed E-state index contributed by atoms with van der Waals surface area (Å²) in [6, 6.07) is 3.86. The van der Waals surface area contributed by atoms with Crippen molar-refractivity contribution in [2.24, 2.45) is 41.4 Å². The Kier molecular flexibility index (Phi) is 13.5. The van der Waals surface area contributed by atoms with Crippen molar-refractivity contribution in [2.45, 2.75) is 161 Å². The van der Waals surface area contributed by atoms with Gasteiger partial charge in [0.25, 0.3) is 0 Å². The van der Waals surface area contributed by atoms with E-state index in [1.165, 1.54) is 116 Å². The Morgan fingerprint density at radius 2 is 1.23 bits per heavy atom. The molecule has 0 saturated heterocycles. The minimum atomic E-state index is -0.547. The van der Waals surface area contributed by atoms with Crippen LogP contribution in [0, 0.1) is 53.1 Å².